The molecule has 0 heterocycles. The van der Waals surface area contributed by atoms with Crippen LogP contribution in [0.2, 0.25) is 15.1 Å². The van der Waals surface area contributed by atoms with Crippen LogP contribution in [-0.4, -0.2) is 38.4 Å². The highest BCUT2D eigenvalue weighted by Gasteiger charge is 2.26. The number of carbonyl (C=O) groups excluding carboxylic acids is 1. The summed E-state index contributed by atoms with van der Waals surface area (Å²) in [7, 11) is -4.26. The van der Waals surface area contributed by atoms with Crippen LogP contribution in [0.3, 0.4) is 0 Å². The first-order chi connectivity index (χ1) is 18.0. The number of rotatable bonds is 11. The van der Waals surface area contributed by atoms with Crippen molar-refractivity contribution in [3.63, 3.8) is 0 Å². The number of hydrogen-bond acceptors (Lipinski definition) is 5. The van der Waals surface area contributed by atoms with Gasteiger partial charge in [-0.05, 0) is 63.6 Å². The number of carbonyl (C=O) groups is 1. The molecular formula is C28H31Cl3N2O4S. The molecule has 0 saturated carbocycles. The Labute approximate surface area is 240 Å². The van der Waals surface area contributed by atoms with Gasteiger partial charge in [0.2, 0.25) is 0 Å². The molecule has 6 nitrogen and oxygen atoms in total. The molecule has 3 aromatic carbocycles. The Balaban J connectivity index is 2.08. The predicted molar refractivity (Wildman–Crippen MR) is 155 cm³/mol. The van der Waals surface area contributed by atoms with E-state index in [-0.39, 0.29) is 39.2 Å². The lowest BCUT2D eigenvalue weighted by Gasteiger charge is -2.30. The van der Waals surface area contributed by atoms with Gasteiger partial charge in [-0.1, -0.05) is 59.9 Å². The van der Waals surface area contributed by atoms with Gasteiger partial charge in [-0.25, -0.2) is 0 Å². The lowest BCUT2D eigenvalue weighted by Crippen LogP contribution is -2.38. The highest BCUT2D eigenvalue weighted by atomic mass is 35.5. The molecule has 10 heteroatoms. The summed E-state index contributed by atoms with van der Waals surface area (Å²) >= 11 is 18.4. The van der Waals surface area contributed by atoms with Gasteiger partial charge < -0.3 is 14.0 Å². The van der Waals surface area contributed by atoms with Gasteiger partial charge in [0.25, 0.3) is 5.91 Å². The van der Waals surface area contributed by atoms with E-state index in [9.17, 15) is 13.2 Å². The summed E-state index contributed by atoms with van der Waals surface area (Å²) < 4.78 is 32.3. The van der Waals surface area contributed by atoms with E-state index in [1.807, 2.05) is 33.8 Å². The van der Waals surface area contributed by atoms with Crippen LogP contribution in [0.25, 0.3) is 0 Å². The second kappa shape index (κ2) is 13.1. The summed E-state index contributed by atoms with van der Waals surface area (Å²) in [6.45, 7) is 9.50. The quantitative estimate of drug-likeness (QED) is 0.212. The predicted octanol–water partition coefficient (Wildman–Crippen LogP) is 7.70. The summed E-state index contributed by atoms with van der Waals surface area (Å²) in [5, 5.41) is 0.681. The van der Waals surface area contributed by atoms with E-state index in [2.05, 4.69) is 4.90 Å². The summed E-state index contributed by atoms with van der Waals surface area (Å²) in [4.78, 5) is 17.2. The Morgan fingerprint density at radius 3 is 2.18 bits per heavy atom. The average Bonchev–Trinajstić information content (AvgIpc) is 2.89. The van der Waals surface area contributed by atoms with Crippen LogP contribution < -0.4 is 9.08 Å². The average molecular weight is 598 g/mol. The molecule has 38 heavy (non-hydrogen) atoms. The molecule has 0 saturated heterocycles. The van der Waals surface area contributed by atoms with E-state index in [1.165, 1.54) is 18.2 Å². The second-order valence-electron chi connectivity index (χ2n) is 8.75. The number of amides is 1. The zero-order valence-corrected chi connectivity index (χ0v) is 24.8. The molecule has 0 radical (unpaired) electrons. The molecule has 0 aliphatic heterocycles. The largest absolute Gasteiger partial charge is 0.379 e. The van der Waals surface area contributed by atoms with Crippen LogP contribution in [0.4, 0.5) is 5.69 Å². The van der Waals surface area contributed by atoms with Crippen LogP contribution in [0.5, 0.6) is 5.75 Å². The minimum atomic E-state index is -4.26. The standard InChI is InChI=1S/C28H31Cl3N2O4S/c1-5-19(4)33(28(34)23-10-8-9-11-24(23)29)18-20-12-13-21(32(6-2)7-3)16-27(20)37-38(35,36)22-14-15-25(30)26(31)17-22/h8-17,19H,5-7,18H2,1-4H3/t19-/m0/s1. The maximum absolute atomic E-state index is 13.6. The summed E-state index contributed by atoms with van der Waals surface area (Å²) in [5.74, 6) is -0.128. The van der Waals surface area contributed by atoms with Crippen molar-refractivity contribution < 1.29 is 17.4 Å². The van der Waals surface area contributed by atoms with Gasteiger partial charge in [0.15, 0.2) is 0 Å². The first kappa shape index (κ1) is 30.1. The highest BCUT2D eigenvalue weighted by Crippen LogP contribution is 2.32. The first-order valence-corrected chi connectivity index (χ1v) is 14.9. The molecule has 1 atom stereocenters. The van der Waals surface area contributed by atoms with Gasteiger partial charge in [0.05, 0.1) is 20.6 Å². The van der Waals surface area contributed by atoms with Crippen LogP contribution in [0.1, 0.15) is 50.0 Å². The Morgan fingerprint density at radius 1 is 0.895 bits per heavy atom. The van der Waals surface area contributed by atoms with Gasteiger partial charge >= 0.3 is 10.1 Å². The molecule has 204 valence electrons. The molecule has 0 aliphatic carbocycles. The van der Waals surface area contributed by atoms with Crippen molar-refractivity contribution in [2.45, 2.75) is 51.6 Å². The van der Waals surface area contributed by atoms with Crippen molar-refractivity contribution in [2.24, 2.45) is 0 Å². The molecule has 0 bridgehead atoms. The normalized spacial score (nSPS) is 12.2. The Kier molecular flexibility index (Phi) is 10.4. The number of hydrogen-bond donors (Lipinski definition) is 0. The van der Waals surface area contributed by atoms with Gasteiger partial charge in [-0.3, -0.25) is 4.79 Å². The van der Waals surface area contributed by atoms with E-state index in [0.717, 1.165) is 18.8 Å². The van der Waals surface area contributed by atoms with Gasteiger partial charge in [0, 0.05) is 43.0 Å². The zero-order valence-electron chi connectivity index (χ0n) is 21.7. The van der Waals surface area contributed by atoms with E-state index in [4.69, 9.17) is 39.0 Å². The van der Waals surface area contributed by atoms with Crippen LogP contribution >= 0.6 is 34.8 Å². The van der Waals surface area contributed by atoms with Crippen molar-refractivity contribution in [3.8, 4) is 5.75 Å². The molecular weight excluding hydrogens is 567 g/mol. The Hall–Kier alpha value is -2.45. The number of halogens is 3. The maximum atomic E-state index is 13.6. The van der Waals surface area contributed by atoms with Gasteiger partial charge in [-0.2, -0.15) is 8.42 Å². The smallest absolute Gasteiger partial charge is 0.339 e. The highest BCUT2D eigenvalue weighted by molar-refractivity contribution is 7.87. The van der Waals surface area contributed by atoms with E-state index < -0.39 is 10.1 Å². The van der Waals surface area contributed by atoms with Crippen molar-refractivity contribution in [3.05, 3.63) is 86.9 Å². The molecule has 0 N–H and O–H groups in total. The molecule has 1 amide bonds. The molecule has 0 fully saturated rings. The minimum Gasteiger partial charge on any atom is -0.379 e. The third-order valence-corrected chi connectivity index (χ3v) is 8.69. The first-order valence-electron chi connectivity index (χ1n) is 12.3. The van der Waals surface area contributed by atoms with Crippen molar-refractivity contribution in [1.82, 2.24) is 4.90 Å². The number of anilines is 1. The SMILES string of the molecule is CC[C@H](C)N(Cc1ccc(N(CC)CC)cc1OS(=O)(=O)c1ccc(Cl)c(Cl)c1)C(=O)c1ccccc1Cl. The van der Waals surface area contributed by atoms with Crippen molar-refractivity contribution in [1.29, 1.82) is 0 Å². The van der Waals surface area contributed by atoms with Gasteiger partial charge in [0.1, 0.15) is 10.6 Å². The molecule has 0 aromatic heterocycles. The second-order valence-corrected chi connectivity index (χ2v) is 11.5. The fraction of sp³-hybridized carbons (Fsp3) is 0.321. The van der Waals surface area contributed by atoms with Crippen LogP contribution in [-0.2, 0) is 16.7 Å². The van der Waals surface area contributed by atoms with Crippen LogP contribution in [0.15, 0.2) is 65.6 Å². The van der Waals surface area contributed by atoms with E-state index in [1.54, 1.807) is 41.3 Å². The number of benzene rings is 3. The zero-order chi connectivity index (χ0) is 28.0. The Bertz CT molecular complexity index is 1390. The van der Waals surface area contributed by atoms with Gasteiger partial charge in [-0.15, -0.1) is 0 Å². The minimum absolute atomic E-state index is 0.0988. The van der Waals surface area contributed by atoms with Crippen molar-refractivity contribution in [2.75, 3.05) is 18.0 Å². The molecule has 3 aromatic rings. The molecule has 0 spiro atoms. The van der Waals surface area contributed by atoms with E-state index >= 15 is 0 Å². The lowest BCUT2D eigenvalue weighted by molar-refractivity contribution is 0.0671. The fourth-order valence-electron chi connectivity index (χ4n) is 3.96. The molecule has 0 aliphatic rings. The summed E-state index contributed by atoms with van der Waals surface area (Å²) in [6.07, 6.45) is 0.686. The number of nitrogens with zero attached hydrogens (tertiary/aromatic N) is 2. The third kappa shape index (κ3) is 6.94. The molecule has 3 rings (SSSR count). The van der Waals surface area contributed by atoms with E-state index in [0.29, 0.717) is 22.6 Å². The maximum Gasteiger partial charge on any atom is 0.339 e. The monoisotopic (exact) mass is 596 g/mol. The fourth-order valence-corrected chi connectivity index (χ4v) is 5.52. The third-order valence-electron chi connectivity index (χ3n) is 6.39. The summed E-state index contributed by atoms with van der Waals surface area (Å²) in [6, 6.07) is 16.1. The topological polar surface area (TPSA) is 66.9 Å². The van der Waals surface area contributed by atoms with Crippen molar-refractivity contribution >= 4 is 56.5 Å². The molecule has 0 unspecified atom stereocenters. The Morgan fingerprint density at radius 2 is 1.58 bits per heavy atom. The lowest BCUT2D eigenvalue weighted by atomic mass is 10.1. The summed E-state index contributed by atoms with van der Waals surface area (Å²) in [5.41, 5.74) is 1.70. The van der Waals surface area contributed by atoms with Crippen LogP contribution in [0, 0.1) is 0 Å².